The summed E-state index contributed by atoms with van der Waals surface area (Å²) in [6.07, 6.45) is 2.84. The van der Waals surface area contributed by atoms with Crippen molar-refractivity contribution in [2.45, 2.75) is 53.2 Å². The number of rotatable bonds is 8. The van der Waals surface area contributed by atoms with Crippen LogP contribution < -0.4 is 0 Å². The van der Waals surface area contributed by atoms with Gasteiger partial charge >= 0.3 is 5.97 Å². The molecule has 0 radical (unpaired) electrons. The Labute approximate surface area is 98.8 Å². The molecule has 0 aromatic rings. The average Bonchev–Trinajstić information content (AvgIpc) is 2.21. The maximum absolute atomic E-state index is 11.3. The van der Waals surface area contributed by atoms with Gasteiger partial charge in [0.05, 0.1) is 6.61 Å². The number of carbonyl (C=O) groups is 1. The van der Waals surface area contributed by atoms with E-state index in [0.29, 0.717) is 12.2 Å². The molecule has 0 N–H and O–H groups in total. The van der Waals surface area contributed by atoms with Crippen molar-refractivity contribution in [3.05, 3.63) is 12.2 Å². The zero-order valence-electron chi connectivity index (χ0n) is 10.9. The lowest BCUT2D eigenvalue weighted by Gasteiger charge is -2.21. The van der Waals surface area contributed by atoms with Crippen molar-refractivity contribution < 1.29 is 14.3 Å². The van der Waals surface area contributed by atoms with Crippen LogP contribution in [0.4, 0.5) is 0 Å². The van der Waals surface area contributed by atoms with Gasteiger partial charge in [-0.1, -0.05) is 40.2 Å². The second-order valence-corrected chi connectivity index (χ2v) is 4.38. The molecule has 3 nitrogen and oxygen atoms in total. The molecule has 0 saturated heterocycles. The molecule has 16 heavy (non-hydrogen) atoms. The van der Waals surface area contributed by atoms with Crippen LogP contribution >= 0.6 is 0 Å². The highest BCUT2D eigenvalue weighted by Crippen LogP contribution is 2.11. The summed E-state index contributed by atoms with van der Waals surface area (Å²) in [6.45, 7) is 11.9. The van der Waals surface area contributed by atoms with Crippen molar-refractivity contribution >= 4 is 5.97 Å². The van der Waals surface area contributed by atoms with E-state index in [1.807, 2.05) is 13.8 Å². The fraction of sp³-hybridized carbons (Fsp3) is 0.769. The van der Waals surface area contributed by atoms with Gasteiger partial charge in [0, 0.05) is 11.5 Å². The topological polar surface area (TPSA) is 35.5 Å². The van der Waals surface area contributed by atoms with Crippen molar-refractivity contribution in [3.63, 3.8) is 0 Å². The van der Waals surface area contributed by atoms with Crippen molar-refractivity contribution in [2.24, 2.45) is 5.92 Å². The number of hydrogen-bond donors (Lipinski definition) is 0. The minimum absolute atomic E-state index is 0.157. The summed E-state index contributed by atoms with van der Waals surface area (Å²) in [6, 6.07) is 0. The Morgan fingerprint density at radius 2 is 1.94 bits per heavy atom. The first-order chi connectivity index (χ1) is 7.49. The molecule has 0 saturated carbocycles. The Morgan fingerprint density at radius 1 is 1.31 bits per heavy atom. The predicted molar refractivity (Wildman–Crippen MR) is 65.0 cm³/mol. The molecular weight excluding hydrogens is 204 g/mol. The molecule has 0 aromatic carbocycles. The van der Waals surface area contributed by atoms with E-state index in [2.05, 4.69) is 13.5 Å². The monoisotopic (exact) mass is 228 g/mol. The molecule has 0 aliphatic rings. The Morgan fingerprint density at radius 3 is 2.38 bits per heavy atom. The highest BCUT2D eigenvalue weighted by molar-refractivity contribution is 5.87. The van der Waals surface area contributed by atoms with E-state index in [1.54, 1.807) is 6.92 Å². The summed E-state index contributed by atoms with van der Waals surface area (Å²) in [5.41, 5.74) is 0.405. The SMILES string of the molecule is C=C(C)C(=O)OC(OCCCCC)C(C)C. The minimum Gasteiger partial charge on any atom is -0.432 e. The number of hydrogen-bond acceptors (Lipinski definition) is 3. The van der Waals surface area contributed by atoms with Crippen LogP contribution in [-0.2, 0) is 14.3 Å². The minimum atomic E-state index is -0.457. The molecule has 0 aromatic heterocycles. The zero-order valence-corrected chi connectivity index (χ0v) is 10.9. The lowest BCUT2D eigenvalue weighted by atomic mass is 10.2. The van der Waals surface area contributed by atoms with Gasteiger partial charge in [-0.3, -0.25) is 0 Å². The van der Waals surface area contributed by atoms with E-state index >= 15 is 0 Å². The van der Waals surface area contributed by atoms with Crippen LogP contribution in [0.1, 0.15) is 47.0 Å². The third kappa shape index (κ3) is 6.62. The van der Waals surface area contributed by atoms with Crippen LogP contribution in [-0.4, -0.2) is 18.9 Å². The van der Waals surface area contributed by atoms with Crippen LogP contribution in [0.15, 0.2) is 12.2 Å². The molecule has 0 rings (SSSR count). The second kappa shape index (κ2) is 8.34. The summed E-state index contributed by atoms with van der Waals surface area (Å²) < 4.78 is 10.7. The lowest BCUT2D eigenvalue weighted by molar-refractivity contribution is -0.184. The van der Waals surface area contributed by atoms with Crippen LogP contribution in [0.5, 0.6) is 0 Å². The maximum atomic E-state index is 11.3. The molecule has 0 fully saturated rings. The van der Waals surface area contributed by atoms with E-state index in [4.69, 9.17) is 9.47 Å². The Balaban J connectivity index is 3.98. The smallest absolute Gasteiger partial charge is 0.335 e. The van der Waals surface area contributed by atoms with Crippen LogP contribution in [0.2, 0.25) is 0 Å². The molecule has 0 aliphatic heterocycles. The zero-order chi connectivity index (χ0) is 12.6. The van der Waals surface area contributed by atoms with E-state index < -0.39 is 6.29 Å². The van der Waals surface area contributed by atoms with E-state index in [9.17, 15) is 4.79 Å². The summed E-state index contributed by atoms with van der Waals surface area (Å²) in [4.78, 5) is 11.3. The fourth-order valence-electron chi connectivity index (χ4n) is 1.12. The molecular formula is C13H24O3. The predicted octanol–water partition coefficient (Wildman–Crippen LogP) is 3.29. The van der Waals surface area contributed by atoms with Gasteiger partial charge in [-0.05, 0) is 13.3 Å². The maximum Gasteiger partial charge on any atom is 0.335 e. The molecule has 1 unspecified atom stereocenters. The van der Waals surface area contributed by atoms with Crippen molar-refractivity contribution in [3.8, 4) is 0 Å². The van der Waals surface area contributed by atoms with E-state index in [1.165, 1.54) is 0 Å². The van der Waals surface area contributed by atoms with Crippen LogP contribution in [0.25, 0.3) is 0 Å². The largest absolute Gasteiger partial charge is 0.432 e. The van der Waals surface area contributed by atoms with Gasteiger partial charge in [0.1, 0.15) is 0 Å². The normalized spacial score (nSPS) is 12.6. The van der Waals surface area contributed by atoms with Gasteiger partial charge in [0.15, 0.2) is 0 Å². The second-order valence-electron chi connectivity index (χ2n) is 4.38. The summed E-state index contributed by atoms with van der Waals surface area (Å²) in [5, 5.41) is 0. The van der Waals surface area contributed by atoms with Crippen molar-refractivity contribution in [2.75, 3.05) is 6.61 Å². The Bertz CT molecular complexity index is 221. The highest BCUT2D eigenvalue weighted by atomic mass is 16.7. The third-order valence-corrected chi connectivity index (χ3v) is 2.15. The number of esters is 1. The van der Waals surface area contributed by atoms with Crippen LogP contribution in [0.3, 0.4) is 0 Å². The number of unbranched alkanes of at least 4 members (excludes halogenated alkanes) is 2. The van der Waals surface area contributed by atoms with E-state index in [0.717, 1.165) is 19.3 Å². The molecule has 94 valence electrons. The van der Waals surface area contributed by atoms with Crippen LogP contribution in [0, 0.1) is 5.92 Å². The van der Waals surface area contributed by atoms with Gasteiger partial charge < -0.3 is 9.47 Å². The summed E-state index contributed by atoms with van der Waals surface area (Å²) in [5.74, 6) is -0.223. The summed E-state index contributed by atoms with van der Waals surface area (Å²) >= 11 is 0. The summed E-state index contributed by atoms with van der Waals surface area (Å²) in [7, 11) is 0. The fourth-order valence-corrected chi connectivity index (χ4v) is 1.12. The molecule has 3 heteroatoms. The van der Waals surface area contributed by atoms with Gasteiger partial charge in [-0.15, -0.1) is 0 Å². The lowest BCUT2D eigenvalue weighted by Crippen LogP contribution is -2.27. The van der Waals surface area contributed by atoms with Crippen molar-refractivity contribution in [1.82, 2.24) is 0 Å². The van der Waals surface area contributed by atoms with E-state index in [-0.39, 0.29) is 11.9 Å². The number of carbonyl (C=O) groups excluding carboxylic acids is 1. The third-order valence-electron chi connectivity index (χ3n) is 2.15. The molecule has 1 atom stereocenters. The first-order valence-electron chi connectivity index (χ1n) is 5.97. The van der Waals surface area contributed by atoms with Gasteiger partial charge in [0.25, 0.3) is 0 Å². The molecule has 0 bridgehead atoms. The Kier molecular flexibility index (Phi) is 7.90. The van der Waals surface area contributed by atoms with Gasteiger partial charge in [0.2, 0.25) is 6.29 Å². The first kappa shape index (κ1) is 15.2. The average molecular weight is 228 g/mol. The molecule has 0 heterocycles. The first-order valence-corrected chi connectivity index (χ1v) is 5.97. The molecule has 0 spiro atoms. The van der Waals surface area contributed by atoms with Crippen molar-refractivity contribution in [1.29, 1.82) is 0 Å². The number of ether oxygens (including phenoxy) is 2. The molecule has 0 amide bonds. The standard InChI is InChI=1S/C13H24O3/c1-6-7-8-9-15-13(11(4)5)16-12(14)10(2)3/h11,13H,2,6-9H2,1,3-5H3. The van der Waals surface area contributed by atoms with Gasteiger partial charge in [-0.25, -0.2) is 4.79 Å². The Hall–Kier alpha value is -0.830. The quantitative estimate of drug-likeness (QED) is 0.277. The van der Waals surface area contributed by atoms with Gasteiger partial charge in [-0.2, -0.15) is 0 Å². The molecule has 0 aliphatic carbocycles. The highest BCUT2D eigenvalue weighted by Gasteiger charge is 2.18.